The second-order valence-electron chi connectivity index (χ2n) is 7.12. The molecule has 150 valence electrons. The van der Waals surface area contributed by atoms with Gasteiger partial charge in [0.2, 0.25) is 5.82 Å². The molecule has 10 nitrogen and oxygen atoms in total. The summed E-state index contributed by atoms with van der Waals surface area (Å²) in [5, 5.41) is 10.7. The molecule has 10 heteroatoms. The molecule has 2 heterocycles. The minimum Gasteiger partial charge on any atom is -0.345 e. The third-order valence-corrected chi connectivity index (χ3v) is 4.98. The summed E-state index contributed by atoms with van der Waals surface area (Å²) in [4.78, 5) is 41.4. The van der Waals surface area contributed by atoms with Crippen molar-refractivity contribution >= 4 is 5.91 Å². The molecule has 1 aliphatic carbocycles. The average molecular weight is 396 g/mol. The van der Waals surface area contributed by atoms with E-state index in [1.807, 2.05) is 19.1 Å². The Balaban J connectivity index is 1.71. The van der Waals surface area contributed by atoms with Crippen molar-refractivity contribution in [2.45, 2.75) is 38.6 Å². The van der Waals surface area contributed by atoms with Crippen molar-refractivity contribution in [2.24, 2.45) is 7.05 Å². The zero-order valence-corrected chi connectivity index (χ0v) is 16.1. The van der Waals surface area contributed by atoms with Crippen LogP contribution in [-0.4, -0.2) is 36.4 Å². The largest absolute Gasteiger partial charge is 0.351 e. The highest BCUT2D eigenvalue weighted by atomic mass is 16.5. The fourth-order valence-corrected chi connectivity index (χ4v) is 3.30. The van der Waals surface area contributed by atoms with E-state index in [4.69, 9.17) is 4.52 Å². The number of benzene rings is 1. The molecule has 0 atom stereocenters. The van der Waals surface area contributed by atoms with Crippen molar-refractivity contribution in [1.29, 1.82) is 0 Å². The van der Waals surface area contributed by atoms with Crippen LogP contribution in [-0.2, 0) is 7.05 Å². The van der Waals surface area contributed by atoms with E-state index in [1.165, 1.54) is 7.05 Å². The second kappa shape index (κ2) is 7.46. The monoisotopic (exact) mass is 396 g/mol. The number of amides is 1. The first-order valence-electron chi connectivity index (χ1n) is 9.36. The summed E-state index contributed by atoms with van der Waals surface area (Å²) >= 11 is 0. The van der Waals surface area contributed by atoms with Crippen LogP contribution >= 0.6 is 0 Å². The third-order valence-electron chi connectivity index (χ3n) is 4.98. The number of rotatable bonds is 4. The molecule has 29 heavy (non-hydrogen) atoms. The Morgan fingerprint density at radius 1 is 1.17 bits per heavy atom. The minimum absolute atomic E-state index is 0.0901. The summed E-state index contributed by atoms with van der Waals surface area (Å²) in [5.41, 5.74) is 0.0339. The number of hydrogen-bond acceptors (Lipinski definition) is 7. The molecule has 0 aliphatic heterocycles. The van der Waals surface area contributed by atoms with Gasteiger partial charge in [-0.2, -0.15) is 14.8 Å². The molecule has 3 aromatic rings. The Kier molecular flexibility index (Phi) is 4.83. The quantitative estimate of drug-likeness (QED) is 0.696. The van der Waals surface area contributed by atoms with Gasteiger partial charge >= 0.3 is 17.5 Å². The van der Waals surface area contributed by atoms with Gasteiger partial charge in [-0.25, -0.2) is 4.79 Å². The van der Waals surface area contributed by atoms with Crippen molar-refractivity contribution in [3.63, 3.8) is 0 Å². The molecular weight excluding hydrogens is 376 g/mol. The van der Waals surface area contributed by atoms with Crippen molar-refractivity contribution in [3.05, 3.63) is 56.6 Å². The lowest BCUT2D eigenvalue weighted by atomic mass is 10.2. The van der Waals surface area contributed by atoms with E-state index < -0.39 is 17.2 Å². The normalized spacial score (nSPS) is 14.3. The predicted octanol–water partition coefficient (Wildman–Crippen LogP) is 0.962. The molecule has 0 saturated heterocycles. The Bertz CT molecular complexity index is 1170. The fourth-order valence-electron chi connectivity index (χ4n) is 3.30. The van der Waals surface area contributed by atoms with Gasteiger partial charge in [-0.3, -0.25) is 14.2 Å². The van der Waals surface area contributed by atoms with E-state index in [2.05, 4.69) is 20.6 Å². The maximum atomic E-state index is 12.6. The van der Waals surface area contributed by atoms with Crippen LogP contribution in [0.3, 0.4) is 0 Å². The second-order valence-corrected chi connectivity index (χ2v) is 7.12. The maximum Gasteiger partial charge on any atom is 0.351 e. The molecule has 1 amide bonds. The SMILES string of the molecule is Cc1ccc(-n2nc(-c3noc(C(=O)NC4CCCC4)n3)c(=O)n(C)c2=O)cc1. The molecule has 1 fully saturated rings. The molecule has 1 aromatic carbocycles. The van der Waals surface area contributed by atoms with E-state index in [9.17, 15) is 14.4 Å². The van der Waals surface area contributed by atoms with Gasteiger partial charge in [-0.1, -0.05) is 35.7 Å². The highest BCUT2D eigenvalue weighted by Gasteiger charge is 2.24. The standard InChI is InChI=1S/C19H20N6O4/c1-11-7-9-13(10-8-11)25-19(28)24(2)18(27)14(22-25)15-21-17(29-23-15)16(26)20-12-5-3-4-6-12/h7-10,12H,3-6H2,1-2H3,(H,20,26). The molecule has 0 spiro atoms. The van der Waals surface area contributed by atoms with Crippen LogP contribution in [0.15, 0.2) is 38.4 Å². The summed E-state index contributed by atoms with van der Waals surface area (Å²) in [5.74, 6) is -0.883. The molecule has 2 aromatic heterocycles. The van der Waals surface area contributed by atoms with Crippen molar-refractivity contribution in [3.8, 4) is 17.2 Å². The maximum absolute atomic E-state index is 12.6. The summed E-state index contributed by atoms with van der Waals surface area (Å²) < 4.78 is 7.03. The molecule has 1 aliphatic rings. The molecular formula is C19H20N6O4. The van der Waals surface area contributed by atoms with E-state index in [1.54, 1.807) is 12.1 Å². The number of nitrogens with zero attached hydrogens (tertiary/aromatic N) is 5. The van der Waals surface area contributed by atoms with Gasteiger partial charge in [-0.15, -0.1) is 0 Å². The van der Waals surface area contributed by atoms with Gasteiger partial charge in [0.05, 0.1) is 5.69 Å². The predicted molar refractivity (Wildman–Crippen MR) is 103 cm³/mol. The van der Waals surface area contributed by atoms with Crippen LogP contribution in [0.4, 0.5) is 0 Å². The number of aromatic nitrogens is 5. The minimum atomic E-state index is -0.679. The van der Waals surface area contributed by atoms with E-state index in [0.717, 1.165) is 40.5 Å². The van der Waals surface area contributed by atoms with E-state index >= 15 is 0 Å². The van der Waals surface area contributed by atoms with Gasteiger partial charge in [0, 0.05) is 13.1 Å². The van der Waals surface area contributed by atoms with Crippen LogP contribution in [0, 0.1) is 6.92 Å². The average Bonchev–Trinajstić information content (AvgIpc) is 3.39. The first-order valence-corrected chi connectivity index (χ1v) is 9.36. The van der Waals surface area contributed by atoms with E-state index in [-0.39, 0.29) is 23.5 Å². The number of carbonyl (C=O) groups excluding carboxylic acids is 1. The van der Waals surface area contributed by atoms with Crippen molar-refractivity contribution in [1.82, 2.24) is 29.8 Å². The smallest absolute Gasteiger partial charge is 0.345 e. The lowest BCUT2D eigenvalue weighted by Gasteiger charge is -2.08. The highest BCUT2D eigenvalue weighted by Crippen LogP contribution is 2.18. The Hall–Kier alpha value is -3.56. The number of hydrogen-bond donors (Lipinski definition) is 1. The molecule has 0 bridgehead atoms. The third kappa shape index (κ3) is 3.60. The van der Waals surface area contributed by atoms with Crippen LogP contribution in [0.5, 0.6) is 0 Å². The van der Waals surface area contributed by atoms with Gasteiger partial charge in [0.1, 0.15) is 0 Å². The fraction of sp³-hybridized carbons (Fsp3) is 0.368. The Morgan fingerprint density at radius 2 is 1.86 bits per heavy atom. The van der Waals surface area contributed by atoms with Gasteiger partial charge in [0.25, 0.3) is 5.56 Å². The summed E-state index contributed by atoms with van der Waals surface area (Å²) in [6, 6.07) is 7.18. The topological polar surface area (TPSA) is 125 Å². The Labute approximate surface area is 165 Å². The van der Waals surface area contributed by atoms with Crippen LogP contribution in [0.2, 0.25) is 0 Å². The van der Waals surface area contributed by atoms with Gasteiger partial charge in [-0.05, 0) is 31.9 Å². The lowest BCUT2D eigenvalue weighted by Crippen LogP contribution is -2.40. The summed E-state index contributed by atoms with van der Waals surface area (Å²) in [6.45, 7) is 1.92. The number of carbonyl (C=O) groups is 1. The molecule has 4 rings (SSSR count). The van der Waals surface area contributed by atoms with Crippen molar-refractivity contribution < 1.29 is 9.32 Å². The summed E-state index contributed by atoms with van der Waals surface area (Å²) in [6.07, 6.45) is 3.97. The summed E-state index contributed by atoms with van der Waals surface area (Å²) in [7, 11) is 1.34. The van der Waals surface area contributed by atoms with Gasteiger partial charge < -0.3 is 9.84 Å². The Morgan fingerprint density at radius 3 is 2.55 bits per heavy atom. The number of nitrogens with one attached hydrogen (secondary N) is 1. The van der Waals surface area contributed by atoms with Gasteiger partial charge in [0.15, 0.2) is 5.69 Å². The lowest BCUT2D eigenvalue weighted by molar-refractivity contribution is 0.0893. The van der Waals surface area contributed by atoms with Crippen LogP contribution in [0.1, 0.15) is 41.9 Å². The van der Waals surface area contributed by atoms with E-state index in [0.29, 0.717) is 5.69 Å². The first kappa shape index (κ1) is 18.8. The van der Waals surface area contributed by atoms with Crippen LogP contribution < -0.4 is 16.6 Å². The number of aryl methyl sites for hydroxylation is 1. The highest BCUT2D eigenvalue weighted by molar-refractivity contribution is 5.90. The molecule has 1 saturated carbocycles. The zero-order chi connectivity index (χ0) is 20.5. The van der Waals surface area contributed by atoms with Crippen LogP contribution in [0.25, 0.3) is 17.2 Å². The zero-order valence-electron chi connectivity index (χ0n) is 16.1. The molecule has 0 radical (unpaired) electrons. The molecule has 1 N–H and O–H groups in total. The first-order chi connectivity index (χ1) is 13.9. The van der Waals surface area contributed by atoms with Crippen molar-refractivity contribution in [2.75, 3.05) is 0 Å². The molecule has 0 unspecified atom stereocenters.